The van der Waals surface area contributed by atoms with Gasteiger partial charge >= 0.3 is 0 Å². The summed E-state index contributed by atoms with van der Waals surface area (Å²) >= 11 is 0. The molecule has 1 aromatic carbocycles. The molecule has 2 atom stereocenters. The topological polar surface area (TPSA) is 65.2 Å². The average molecular weight is 340 g/mol. The van der Waals surface area contributed by atoms with Gasteiger partial charge in [-0.25, -0.2) is 4.98 Å². The van der Waals surface area contributed by atoms with E-state index in [4.69, 9.17) is 19.2 Å². The van der Waals surface area contributed by atoms with E-state index in [9.17, 15) is 5.11 Å². The Morgan fingerprint density at radius 2 is 2.08 bits per heavy atom. The number of imidazole rings is 1. The lowest BCUT2D eigenvalue weighted by atomic mass is 10.0. The van der Waals surface area contributed by atoms with Gasteiger partial charge in [0.05, 0.1) is 18.9 Å². The van der Waals surface area contributed by atoms with Gasteiger partial charge in [-0.05, 0) is 6.07 Å². The first-order valence-electron chi connectivity index (χ1n) is 8.26. The van der Waals surface area contributed by atoms with Crippen molar-refractivity contribution in [1.82, 2.24) is 9.38 Å². The van der Waals surface area contributed by atoms with Gasteiger partial charge in [0.25, 0.3) is 0 Å². The smallest absolute Gasteiger partial charge is 0.180 e. The molecule has 0 saturated heterocycles. The van der Waals surface area contributed by atoms with E-state index in [-0.39, 0.29) is 6.61 Å². The number of benzene rings is 1. The molecule has 0 saturated carbocycles. The number of aliphatic hydroxyl groups excluding tert-OH is 1. The molecular weight excluding hydrogens is 320 g/mol. The van der Waals surface area contributed by atoms with Gasteiger partial charge in [-0.15, -0.1) is 0 Å². The third kappa shape index (κ3) is 3.00. The van der Waals surface area contributed by atoms with Gasteiger partial charge in [0, 0.05) is 30.6 Å². The van der Waals surface area contributed by atoms with Crippen molar-refractivity contribution in [3.05, 3.63) is 54.4 Å². The second kappa shape index (κ2) is 6.84. The van der Waals surface area contributed by atoms with Crippen LogP contribution < -0.4 is 4.74 Å². The summed E-state index contributed by atoms with van der Waals surface area (Å²) in [6, 6.07) is 11.9. The molecule has 2 aromatic heterocycles. The maximum atomic E-state index is 10.3. The van der Waals surface area contributed by atoms with E-state index in [2.05, 4.69) is 0 Å². The molecule has 25 heavy (non-hydrogen) atoms. The highest BCUT2D eigenvalue weighted by atomic mass is 16.5. The monoisotopic (exact) mass is 340 g/mol. The second-order valence-corrected chi connectivity index (χ2v) is 5.99. The summed E-state index contributed by atoms with van der Waals surface area (Å²) in [5.41, 5.74) is 3.46. The van der Waals surface area contributed by atoms with Crippen LogP contribution in [-0.2, 0) is 9.47 Å². The van der Waals surface area contributed by atoms with Crippen LogP contribution in [0.2, 0.25) is 0 Å². The van der Waals surface area contributed by atoms with E-state index in [1.54, 1.807) is 7.11 Å². The van der Waals surface area contributed by atoms with Crippen LogP contribution in [0.25, 0.3) is 16.9 Å². The van der Waals surface area contributed by atoms with Crippen LogP contribution in [-0.4, -0.2) is 47.5 Å². The minimum absolute atomic E-state index is 0.178. The van der Waals surface area contributed by atoms with Crippen LogP contribution in [0.15, 0.2) is 48.8 Å². The highest BCUT2D eigenvalue weighted by Gasteiger charge is 2.32. The number of aliphatic hydroxyl groups is 1. The van der Waals surface area contributed by atoms with Gasteiger partial charge < -0.3 is 23.7 Å². The van der Waals surface area contributed by atoms with Gasteiger partial charge in [0.15, 0.2) is 11.4 Å². The predicted molar refractivity (Wildman–Crippen MR) is 92.7 cm³/mol. The Kier molecular flexibility index (Phi) is 4.40. The van der Waals surface area contributed by atoms with Crippen molar-refractivity contribution in [2.75, 3.05) is 26.9 Å². The van der Waals surface area contributed by atoms with Crippen LogP contribution in [0.3, 0.4) is 0 Å². The maximum Gasteiger partial charge on any atom is 0.180 e. The van der Waals surface area contributed by atoms with E-state index in [1.165, 1.54) is 0 Å². The number of hydrogen-bond acceptors (Lipinski definition) is 5. The number of aromatic nitrogens is 2. The molecule has 0 radical (unpaired) electrons. The SMILES string of the molecule is COCCO[C@@H]1c2ccn3cc(-c4ccccc4)nc3c2OC[C@H]1O. The van der Waals surface area contributed by atoms with Gasteiger partial charge in [-0.3, -0.25) is 0 Å². The van der Waals surface area contributed by atoms with Gasteiger partial charge in [-0.2, -0.15) is 0 Å². The summed E-state index contributed by atoms with van der Waals surface area (Å²) < 4.78 is 18.6. The third-order valence-corrected chi connectivity index (χ3v) is 4.32. The zero-order valence-electron chi connectivity index (χ0n) is 14.0. The summed E-state index contributed by atoms with van der Waals surface area (Å²) in [7, 11) is 1.62. The Balaban J connectivity index is 1.73. The van der Waals surface area contributed by atoms with Crippen molar-refractivity contribution < 1.29 is 19.3 Å². The summed E-state index contributed by atoms with van der Waals surface area (Å²) in [5, 5.41) is 10.3. The number of hydrogen-bond donors (Lipinski definition) is 1. The van der Waals surface area contributed by atoms with E-state index in [0.717, 1.165) is 22.5 Å². The molecule has 1 N–H and O–H groups in total. The van der Waals surface area contributed by atoms with Gasteiger partial charge in [0.2, 0.25) is 0 Å². The molecule has 0 spiro atoms. The summed E-state index contributed by atoms with van der Waals surface area (Å²) in [5.74, 6) is 0.664. The largest absolute Gasteiger partial charge is 0.486 e. The van der Waals surface area contributed by atoms with Crippen LogP contribution in [0, 0.1) is 0 Å². The Hall–Kier alpha value is -2.41. The molecule has 0 unspecified atom stereocenters. The number of pyridine rings is 1. The Morgan fingerprint density at radius 3 is 2.88 bits per heavy atom. The van der Waals surface area contributed by atoms with Crippen molar-refractivity contribution in [2.45, 2.75) is 12.2 Å². The van der Waals surface area contributed by atoms with E-state index < -0.39 is 12.2 Å². The van der Waals surface area contributed by atoms with E-state index in [1.807, 2.05) is 53.2 Å². The molecule has 3 heterocycles. The predicted octanol–water partition coefficient (Wildman–Crippen LogP) is 2.46. The number of nitrogens with zero attached hydrogens (tertiary/aromatic N) is 2. The highest BCUT2D eigenvalue weighted by molar-refractivity contribution is 5.68. The first kappa shape index (κ1) is 16.1. The molecule has 1 aliphatic rings. The van der Waals surface area contributed by atoms with Crippen LogP contribution in [0.4, 0.5) is 0 Å². The van der Waals surface area contributed by atoms with Crippen molar-refractivity contribution >= 4 is 5.65 Å². The third-order valence-electron chi connectivity index (χ3n) is 4.32. The van der Waals surface area contributed by atoms with Gasteiger partial charge in [-0.1, -0.05) is 30.3 Å². The Bertz CT molecular complexity index is 862. The molecule has 3 aromatic rings. The molecule has 130 valence electrons. The van der Waals surface area contributed by atoms with Gasteiger partial charge in [0.1, 0.15) is 18.8 Å². The lowest BCUT2D eigenvalue weighted by Crippen LogP contribution is -2.33. The fraction of sp³-hybridized carbons (Fsp3) is 0.316. The van der Waals surface area contributed by atoms with Crippen molar-refractivity contribution in [2.24, 2.45) is 0 Å². The molecule has 1 aliphatic heterocycles. The molecular formula is C19H20N2O4. The molecule has 0 aliphatic carbocycles. The van der Waals surface area contributed by atoms with Crippen LogP contribution in [0.5, 0.6) is 5.75 Å². The lowest BCUT2D eigenvalue weighted by molar-refractivity contribution is -0.0786. The molecule has 6 nitrogen and oxygen atoms in total. The average Bonchev–Trinajstić information content (AvgIpc) is 3.09. The quantitative estimate of drug-likeness (QED) is 0.723. The second-order valence-electron chi connectivity index (χ2n) is 5.99. The molecule has 4 rings (SSSR count). The normalized spacial score (nSPS) is 19.6. The summed E-state index contributed by atoms with van der Waals surface area (Å²) in [6.45, 7) is 1.06. The fourth-order valence-corrected chi connectivity index (χ4v) is 3.08. The van der Waals surface area contributed by atoms with Crippen molar-refractivity contribution in [3.8, 4) is 17.0 Å². The Labute approximate surface area is 145 Å². The minimum atomic E-state index is -0.713. The number of methoxy groups -OCH3 is 1. The zero-order chi connectivity index (χ0) is 17.2. The molecule has 6 heteroatoms. The molecule has 0 bridgehead atoms. The highest BCUT2D eigenvalue weighted by Crippen LogP contribution is 2.38. The minimum Gasteiger partial charge on any atom is -0.486 e. The zero-order valence-corrected chi connectivity index (χ0v) is 14.0. The Morgan fingerprint density at radius 1 is 1.24 bits per heavy atom. The lowest BCUT2D eigenvalue weighted by Gasteiger charge is -2.30. The van der Waals surface area contributed by atoms with Crippen LogP contribution in [0.1, 0.15) is 11.7 Å². The summed E-state index contributed by atoms with van der Waals surface area (Å²) in [4.78, 5) is 4.73. The summed E-state index contributed by atoms with van der Waals surface area (Å²) in [6.07, 6.45) is 2.73. The maximum absolute atomic E-state index is 10.3. The fourth-order valence-electron chi connectivity index (χ4n) is 3.08. The number of ether oxygens (including phenoxy) is 3. The number of fused-ring (bicyclic) bond motifs is 3. The van der Waals surface area contributed by atoms with Crippen LogP contribution >= 0.6 is 0 Å². The first-order chi connectivity index (χ1) is 12.3. The van der Waals surface area contributed by atoms with E-state index in [0.29, 0.717) is 19.0 Å². The number of rotatable bonds is 5. The standard InChI is InChI=1S/C19H20N2O4/c1-23-9-10-24-17-14-7-8-21-11-15(13-5-3-2-4-6-13)20-19(21)18(14)25-12-16(17)22/h2-8,11,16-17,22H,9-10,12H2,1H3/t16-,17-/m1/s1. The molecule has 0 amide bonds. The van der Waals surface area contributed by atoms with Crippen molar-refractivity contribution in [1.29, 1.82) is 0 Å². The van der Waals surface area contributed by atoms with Crippen molar-refractivity contribution in [3.63, 3.8) is 0 Å². The van der Waals surface area contributed by atoms with E-state index >= 15 is 0 Å². The first-order valence-corrected chi connectivity index (χ1v) is 8.26. The molecule has 0 fully saturated rings.